The Labute approximate surface area is 131 Å². The number of hydrogen-bond acceptors (Lipinski definition) is 4. The molecule has 24 heavy (non-hydrogen) atoms. The van der Waals surface area contributed by atoms with E-state index in [9.17, 15) is 26.7 Å². The fourth-order valence-corrected chi connectivity index (χ4v) is 2.09. The molecule has 1 fully saturated rings. The fraction of sp³-hybridized carbons (Fsp3) is 0.357. The molecule has 1 aromatic heterocycles. The molecule has 10 heteroatoms. The second-order valence-corrected chi connectivity index (χ2v) is 5.41. The zero-order valence-corrected chi connectivity index (χ0v) is 11.9. The molecule has 2 aromatic rings. The number of rotatable bonds is 4. The molecule has 1 saturated carbocycles. The minimum absolute atomic E-state index is 0.251. The molecule has 0 saturated heterocycles. The van der Waals surface area contributed by atoms with Crippen LogP contribution in [0.2, 0.25) is 0 Å². The van der Waals surface area contributed by atoms with Gasteiger partial charge < -0.3 is 9.84 Å². The molecular formula is C14H10F5N3O2. The number of hydrogen-bond donors (Lipinski definition) is 1. The summed E-state index contributed by atoms with van der Waals surface area (Å²) in [4.78, 5) is 14.8. The maximum atomic E-state index is 12.7. The lowest BCUT2D eigenvalue weighted by molar-refractivity contribution is -0.159. The first-order valence-corrected chi connectivity index (χ1v) is 6.84. The first-order chi connectivity index (χ1) is 11.1. The minimum atomic E-state index is -4.73. The van der Waals surface area contributed by atoms with Crippen molar-refractivity contribution in [3.63, 3.8) is 0 Å². The molecule has 1 atom stereocenters. The van der Waals surface area contributed by atoms with Crippen LogP contribution in [0.15, 0.2) is 28.8 Å². The Bertz CT molecular complexity index is 755. The van der Waals surface area contributed by atoms with Crippen LogP contribution in [0.5, 0.6) is 0 Å². The maximum absolute atomic E-state index is 12.7. The zero-order chi connectivity index (χ0) is 17.5. The number of nitrogens with zero attached hydrogens (tertiary/aromatic N) is 2. The molecular weight excluding hydrogens is 337 g/mol. The fourth-order valence-electron chi connectivity index (χ4n) is 2.09. The summed E-state index contributed by atoms with van der Waals surface area (Å²) in [5.41, 5.74) is 0.577. The molecule has 1 aliphatic carbocycles. The van der Waals surface area contributed by atoms with Crippen molar-refractivity contribution in [1.29, 1.82) is 0 Å². The van der Waals surface area contributed by atoms with Crippen molar-refractivity contribution in [3.8, 4) is 11.4 Å². The predicted molar refractivity (Wildman–Crippen MR) is 71.0 cm³/mol. The number of anilines is 1. The number of carbonyl (C=O) groups excluding carboxylic acids is 1. The lowest BCUT2D eigenvalue weighted by atomic mass is 10.2. The Hall–Kier alpha value is -2.52. The molecule has 1 aliphatic rings. The van der Waals surface area contributed by atoms with Crippen LogP contribution in [0.1, 0.15) is 18.7 Å². The van der Waals surface area contributed by atoms with Crippen molar-refractivity contribution >= 4 is 11.6 Å². The zero-order valence-electron chi connectivity index (χ0n) is 11.9. The standard InChI is InChI=1S/C14H10F5N3O2/c15-13(16)6-8(13)5-10(23)20-9-3-1-7(2-4-9)11-21-12(24-22-11)14(17,18)19/h1-4,8H,5-6H2,(H,20,23). The highest BCUT2D eigenvalue weighted by molar-refractivity contribution is 5.91. The van der Waals surface area contributed by atoms with Crippen LogP contribution in [0.3, 0.4) is 0 Å². The third-order valence-electron chi connectivity index (χ3n) is 3.48. The number of amides is 1. The number of nitrogens with one attached hydrogen (secondary N) is 1. The van der Waals surface area contributed by atoms with Gasteiger partial charge in [0, 0.05) is 30.0 Å². The van der Waals surface area contributed by atoms with Crippen LogP contribution >= 0.6 is 0 Å². The van der Waals surface area contributed by atoms with E-state index in [1.807, 2.05) is 0 Å². The van der Waals surface area contributed by atoms with Gasteiger partial charge in [0.15, 0.2) is 0 Å². The van der Waals surface area contributed by atoms with Gasteiger partial charge in [0.1, 0.15) is 0 Å². The summed E-state index contributed by atoms with van der Waals surface area (Å²) in [6.07, 6.45) is -5.31. The monoisotopic (exact) mass is 347 g/mol. The molecule has 1 heterocycles. The smallest absolute Gasteiger partial charge is 0.329 e. The van der Waals surface area contributed by atoms with Gasteiger partial charge in [-0.05, 0) is 24.3 Å². The highest BCUT2D eigenvalue weighted by atomic mass is 19.4. The van der Waals surface area contributed by atoms with Crippen LogP contribution in [0, 0.1) is 5.92 Å². The largest absolute Gasteiger partial charge is 0.471 e. The summed E-state index contributed by atoms with van der Waals surface area (Å²) in [5.74, 6) is -5.96. The molecule has 128 valence electrons. The van der Waals surface area contributed by atoms with E-state index < -0.39 is 29.8 Å². The summed E-state index contributed by atoms with van der Waals surface area (Å²) in [5, 5.41) is 5.67. The Morgan fingerprint density at radius 2 is 1.92 bits per heavy atom. The van der Waals surface area contributed by atoms with Crippen LogP contribution < -0.4 is 5.32 Å². The van der Waals surface area contributed by atoms with Gasteiger partial charge in [-0.15, -0.1) is 0 Å². The van der Waals surface area contributed by atoms with Crippen molar-refractivity contribution in [2.45, 2.75) is 24.9 Å². The third kappa shape index (κ3) is 3.52. The second kappa shape index (κ2) is 5.53. The van der Waals surface area contributed by atoms with E-state index in [-0.39, 0.29) is 24.2 Å². The topological polar surface area (TPSA) is 68.0 Å². The highest BCUT2D eigenvalue weighted by Crippen LogP contribution is 2.50. The van der Waals surface area contributed by atoms with Crippen molar-refractivity contribution in [3.05, 3.63) is 30.2 Å². The van der Waals surface area contributed by atoms with Crippen molar-refractivity contribution < 1.29 is 31.3 Å². The molecule has 1 aromatic carbocycles. The Balaban J connectivity index is 1.63. The number of carbonyl (C=O) groups is 1. The van der Waals surface area contributed by atoms with E-state index in [4.69, 9.17) is 0 Å². The molecule has 5 nitrogen and oxygen atoms in total. The van der Waals surface area contributed by atoms with Gasteiger partial charge in [0.2, 0.25) is 11.7 Å². The van der Waals surface area contributed by atoms with E-state index in [1.165, 1.54) is 24.3 Å². The number of benzene rings is 1. The van der Waals surface area contributed by atoms with Gasteiger partial charge in [-0.2, -0.15) is 18.2 Å². The lowest BCUT2D eigenvalue weighted by Crippen LogP contribution is -2.13. The lowest BCUT2D eigenvalue weighted by Gasteiger charge is -2.05. The molecule has 3 rings (SSSR count). The first kappa shape index (κ1) is 16.3. The van der Waals surface area contributed by atoms with E-state index in [2.05, 4.69) is 20.0 Å². The summed E-state index contributed by atoms with van der Waals surface area (Å²) in [6, 6.07) is 5.57. The third-order valence-corrected chi connectivity index (χ3v) is 3.48. The Kier molecular flexibility index (Phi) is 3.77. The Morgan fingerprint density at radius 3 is 2.42 bits per heavy atom. The molecule has 0 spiro atoms. The maximum Gasteiger partial charge on any atom is 0.471 e. The van der Waals surface area contributed by atoms with Gasteiger partial charge in [-0.3, -0.25) is 4.79 Å². The quantitative estimate of drug-likeness (QED) is 0.856. The van der Waals surface area contributed by atoms with Crippen LogP contribution in [-0.2, 0) is 11.0 Å². The molecule has 0 bridgehead atoms. The Morgan fingerprint density at radius 1 is 1.29 bits per heavy atom. The second-order valence-electron chi connectivity index (χ2n) is 5.41. The SMILES string of the molecule is O=C(CC1CC1(F)F)Nc1ccc(-c2noc(C(F)(F)F)n2)cc1. The molecule has 1 N–H and O–H groups in total. The predicted octanol–water partition coefficient (Wildman–Crippen LogP) is 3.74. The van der Waals surface area contributed by atoms with Crippen molar-refractivity contribution in [1.82, 2.24) is 10.1 Å². The van der Waals surface area contributed by atoms with E-state index in [1.54, 1.807) is 0 Å². The summed E-state index contributed by atoms with van der Waals surface area (Å²) < 4.78 is 66.8. The minimum Gasteiger partial charge on any atom is -0.329 e. The van der Waals surface area contributed by atoms with E-state index in [0.29, 0.717) is 5.69 Å². The summed E-state index contributed by atoms with van der Waals surface area (Å²) in [6.45, 7) is 0. The average molecular weight is 347 g/mol. The van der Waals surface area contributed by atoms with Crippen molar-refractivity contribution in [2.24, 2.45) is 5.92 Å². The molecule has 1 unspecified atom stereocenters. The molecule has 1 amide bonds. The number of aromatic nitrogens is 2. The van der Waals surface area contributed by atoms with E-state index in [0.717, 1.165) is 0 Å². The van der Waals surface area contributed by atoms with Crippen molar-refractivity contribution in [2.75, 3.05) is 5.32 Å². The van der Waals surface area contributed by atoms with E-state index >= 15 is 0 Å². The van der Waals surface area contributed by atoms with Gasteiger partial charge in [0.25, 0.3) is 5.92 Å². The van der Waals surface area contributed by atoms with Crippen LogP contribution in [0.4, 0.5) is 27.6 Å². The summed E-state index contributed by atoms with van der Waals surface area (Å²) in [7, 11) is 0. The number of alkyl halides is 5. The normalized spacial score (nSPS) is 19.1. The van der Waals surface area contributed by atoms with Gasteiger partial charge in [-0.25, -0.2) is 8.78 Å². The van der Waals surface area contributed by atoms with Gasteiger partial charge >= 0.3 is 12.1 Å². The average Bonchev–Trinajstić information content (AvgIpc) is 2.90. The highest BCUT2D eigenvalue weighted by Gasteiger charge is 2.57. The van der Waals surface area contributed by atoms with Gasteiger partial charge in [0.05, 0.1) is 0 Å². The van der Waals surface area contributed by atoms with Crippen LogP contribution in [-0.4, -0.2) is 22.0 Å². The summed E-state index contributed by atoms with van der Waals surface area (Å²) >= 11 is 0. The first-order valence-electron chi connectivity index (χ1n) is 6.84. The number of halogens is 5. The molecule has 0 radical (unpaired) electrons. The van der Waals surface area contributed by atoms with Gasteiger partial charge in [-0.1, -0.05) is 5.16 Å². The molecule has 0 aliphatic heterocycles. The van der Waals surface area contributed by atoms with Crippen LogP contribution in [0.25, 0.3) is 11.4 Å².